The van der Waals surface area contributed by atoms with Crippen LogP contribution in [-0.2, 0) is 6.54 Å². The van der Waals surface area contributed by atoms with Gasteiger partial charge in [-0.05, 0) is 55.4 Å². The molecule has 20 heavy (non-hydrogen) atoms. The van der Waals surface area contributed by atoms with Crippen molar-refractivity contribution in [3.05, 3.63) is 22.4 Å². The van der Waals surface area contributed by atoms with Gasteiger partial charge in [-0.3, -0.25) is 4.79 Å². The summed E-state index contributed by atoms with van der Waals surface area (Å²) >= 11 is 3.49. The maximum atomic E-state index is 12.8. The van der Waals surface area contributed by atoms with Gasteiger partial charge in [-0.2, -0.15) is 0 Å². The van der Waals surface area contributed by atoms with Crippen LogP contribution < -0.4 is 0 Å². The van der Waals surface area contributed by atoms with Crippen molar-refractivity contribution in [2.24, 2.45) is 0 Å². The number of hydrogen-bond acceptors (Lipinski definition) is 2. The molecular weight excluding hydrogens is 318 g/mol. The largest absolute Gasteiger partial charge is 0.342 e. The van der Waals surface area contributed by atoms with Gasteiger partial charge in [-0.15, -0.1) is 0 Å². The average Bonchev–Trinajstić information content (AvgIpc) is 2.95. The molecule has 1 amide bonds. The number of likely N-dealkylation sites (N-methyl/N-ethyl adjacent to an activating group) is 1. The molecule has 1 unspecified atom stereocenters. The molecule has 1 aromatic rings. The highest BCUT2D eigenvalue weighted by molar-refractivity contribution is 9.10. The van der Waals surface area contributed by atoms with Crippen LogP contribution in [0.15, 0.2) is 16.7 Å². The first-order valence-electron chi connectivity index (χ1n) is 7.34. The lowest BCUT2D eigenvalue weighted by molar-refractivity contribution is 0.0705. The molecule has 2 rings (SSSR count). The summed E-state index contributed by atoms with van der Waals surface area (Å²) in [6.45, 7) is 4.85. The van der Waals surface area contributed by atoms with Crippen molar-refractivity contribution < 1.29 is 4.79 Å². The van der Waals surface area contributed by atoms with Crippen LogP contribution in [0.1, 0.15) is 36.7 Å². The molecule has 5 heteroatoms. The number of carbonyl (C=O) groups is 1. The van der Waals surface area contributed by atoms with Gasteiger partial charge in [0.2, 0.25) is 0 Å². The number of nitrogens with zero attached hydrogens (tertiary/aromatic N) is 3. The number of amides is 1. The Balaban J connectivity index is 2.17. The third-order valence-corrected chi connectivity index (χ3v) is 4.19. The molecule has 0 aromatic carbocycles. The van der Waals surface area contributed by atoms with Gasteiger partial charge >= 0.3 is 0 Å². The Morgan fingerprint density at radius 3 is 2.90 bits per heavy atom. The number of aryl methyl sites for hydroxylation is 1. The van der Waals surface area contributed by atoms with Crippen LogP contribution in [0.4, 0.5) is 0 Å². The van der Waals surface area contributed by atoms with Crippen LogP contribution in [0.25, 0.3) is 0 Å². The van der Waals surface area contributed by atoms with Crippen LogP contribution in [0.3, 0.4) is 0 Å². The summed E-state index contributed by atoms with van der Waals surface area (Å²) in [7, 11) is 4.13. The number of carbonyl (C=O) groups excluding carboxylic acids is 1. The first kappa shape index (κ1) is 15.6. The van der Waals surface area contributed by atoms with Crippen LogP contribution in [0.2, 0.25) is 0 Å². The summed E-state index contributed by atoms with van der Waals surface area (Å²) in [5, 5.41) is 0. The van der Waals surface area contributed by atoms with Crippen molar-refractivity contribution in [3.63, 3.8) is 0 Å². The van der Waals surface area contributed by atoms with Crippen molar-refractivity contribution in [3.8, 4) is 0 Å². The number of halogens is 1. The predicted octanol–water partition coefficient (Wildman–Crippen LogP) is 2.83. The van der Waals surface area contributed by atoms with Crippen molar-refractivity contribution in [1.29, 1.82) is 0 Å². The standard InChI is InChI=1S/C15H24BrN3O/c1-4-7-18-10-12(16)9-14(18)15(20)19-8-5-6-13(19)11-17(2)3/h9-10,13H,4-8,11H2,1-3H3. The highest BCUT2D eigenvalue weighted by atomic mass is 79.9. The maximum absolute atomic E-state index is 12.8. The van der Waals surface area contributed by atoms with E-state index in [-0.39, 0.29) is 5.91 Å². The normalized spacial score (nSPS) is 19.1. The van der Waals surface area contributed by atoms with E-state index in [2.05, 4.69) is 46.4 Å². The summed E-state index contributed by atoms with van der Waals surface area (Å²) < 4.78 is 3.05. The molecule has 1 saturated heterocycles. The van der Waals surface area contributed by atoms with Crippen molar-refractivity contribution in [1.82, 2.24) is 14.4 Å². The van der Waals surface area contributed by atoms with Crippen molar-refractivity contribution >= 4 is 21.8 Å². The molecular formula is C15H24BrN3O. The molecule has 1 atom stereocenters. The molecule has 0 saturated carbocycles. The zero-order chi connectivity index (χ0) is 14.7. The Morgan fingerprint density at radius 1 is 1.50 bits per heavy atom. The van der Waals surface area contributed by atoms with Gasteiger partial charge in [0, 0.05) is 36.3 Å². The topological polar surface area (TPSA) is 28.5 Å². The molecule has 0 bridgehead atoms. The van der Waals surface area contributed by atoms with Gasteiger partial charge in [-0.1, -0.05) is 6.92 Å². The van der Waals surface area contributed by atoms with Crippen LogP contribution in [-0.4, -0.2) is 53.5 Å². The second kappa shape index (κ2) is 6.76. The lowest BCUT2D eigenvalue weighted by Gasteiger charge is -2.27. The Bertz CT molecular complexity index is 470. The first-order chi connectivity index (χ1) is 9.52. The number of rotatable bonds is 5. The van der Waals surface area contributed by atoms with E-state index in [0.29, 0.717) is 6.04 Å². The molecule has 112 valence electrons. The fourth-order valence-electron chi connectivity index (χ4n) is 2.94. The van der Waals surface area contributed by atoms with Gasteiger partial charge in [0.15, 0.2) is 0 Å². The Labute approximate surface area is 129 Å². The van der Waals surface area contributed by atoms with Gasteiger partial charge in [-0.25, -0.2) is 0 Å². The quantitative estimate of drug-likeness (QED) is 0.823. The predicted molar refractivity (Wildman–Crippen MR) is 85.0 cm³/mol. The monoisotopic (exact) mass is 341 g/mol. The second-order valence-corrected chi connectivity index (χ2v) is 6.71. The SMILES string of the molecule is CCCn1cc(Br)cc1C(=O)N1CCCC1CN(C)C. The van der Waals surface area contributed by atoms with E-state index in [0.717, 1.165) is 49.1 Å². The molecule has 2 heterocycles. The fraction of sp³-hybridized carbons (Fsp3) is 0.667. The molecule has 1 aliphatic heterocycles. The minimum Gasteiger partial charge on any atom is -0.342 e. The minimum absolute atomic E-state index is 0.175. The van der Waals surface area contributed by atoms with Crippen LogP contribution in [0.5, 0.6) is 0 Å². The number of aromatic nitrogens is 1. The van der Waals surface area contributed by atoms with E-state index in [1.807, 2.05) is 17.2 Å². The zero-order valence-corrected chi connectivity index (χ0v) is 14.2. The summed E-state index contributed by atoms with van der Waals surface area (Å²) in [5.41, 5.74) is 0.810. The van der Waals surface area contributed by atoms with Gasteiger partial charge < -0.3 is 14.4 Å². The lowest BCUT2D eigenvalue weighted by Crippen LogP contribution is -2.42. The second-order valence-electron chi connectivity index (χ2n) is 5.79. The highest BCUT2D eigenvalue weighted by Crippen LogP contribution is 2.23. The van der Waals surface area contributed by atoms with Crippen LogP contribution in [0, 0.1) is 0 Å². The van der Waals surface area contributed by atoms with E-state index >= 15 is 0 Å². The summed E-state index contributed by atoms with van der Waals surface area (Å²) in [6.07, 6.45) is 5.26. The third kappa shape index (κ3) is 3.44. The van der Waals surface area contributed by atoms with E-state index < -0.39 is 0 Å². The number of likely N-dealkylation sites (tertiary alicyclic amines) is 1. The lowest BCUT2D eigenvalue weighted by atomic mass is 10.2. The van der Waals surface area contributed by atoms with Gasteiger partial charge in [0.05, 0.1) is 0 Å². The molecule has 0 aliphatic carbocycles. The maximum Gasteiger partial charge on any atom is 0.270 e. The zero-order valence-electron chi connectivity index (χ0n) is 12.6. The summed E-state index contributed by atoms with van der Waals surface area (Å²) in [5.74, 6) is 0.175. The molecule has 1 fully saturated rings. The van der Waals surface area contributed by atoms with E-state index in [1.54, 1.807) is 0 Å². The molecule has 0 N–H and O–H groups in total. The van der Waals surface area contributed by atoms with E-state index in [1.165, 1.54) is 0 Å². The van der Waals surface area contributed by atoms with Crippen LogP contribution >= 0.6 is 15.9 Å². The highest BCUT2D eigenvalue weighted by Gasteiger charge is 2.31. The number of hydrogen-bond donors (Lipinski definition) is 0. The molecule has 0 radical (unpaired) electrons. The van der Waals surface area contributed by atoms with E-state index in [4.69, 9.17) is 0 Å². The first-order valence-corrected chi connectivity index (χ1v) is 8.13. The Morgan fingerprint density at radius 2 is 2.25 bits per heavy atom. The summed E-state index contributed by atoms with van der Waals surface area (Å²) in [4.78, 5) is 17.0. The van der Waals surface area contributed by atoms with E-state index in [9.17, 15) is 4.79 Å². The molecule has 0 spiro atoms. The van der Waals surface area contributed by atoms with Crippen molar-refractivity contribution in [2.75, 3.05) is 27.2 Å². The molecule has 1 aliphatic rings. The smallest absolute Gasteiger partial charge is 0.270 e. The average molecular weight is 342 g/mol. The van der Waals surface area contributed by atoms with Gasteiger partial charge in [0.25, 0.3) is 5.91 Å². The fourth-order valence-corrected chi connectivity index (χ4v) is 3.41. The molecule has 1 aromatic heterocycles. The minimum atomic E-state index is 0.175. The summed E-state index contributed by atoms with van der Waals surface area (Å²) in [6, 6.07) is 2.30. The Kier molecular flexibility index (Phi) is 5.27. The van der Waals surface area contributed by atoms with Crippen molar-refractivity contribution in [2.45, 2.75) is 38.8 Å². The van der Waals surface area contributed by atoms with Gasteiger partial charge in [0.1, 0.15) is 5.69 Å². The third-order valence-electron chi connectivity index (χ3n) is 3.76. The Hall–Kier alpha value is -0.810. The molecule has 4 nitrogen and oxygen atoms in total.